The molecule has 0 aliphatic carbocycles. The number of amides is 1. The van der Waals surface area contributed by atoms with E-state index in [1.807, 2.05) is 0 Å². The Bertz CT molecular complexity index is 517. The van der Waals surface area contributed by atoms with Gasteiger partial charge in [0.2, 0.25) is 5.78 Å². The molecular weight excluding hydrogens is 168 g/mol. The third kappa shape index (κ3) is 1.22. The first-order valence-electron chi connectivity index (χ1n) is 3.71. The fraction of sp³-hybridized carbons (Fsp3) is 0. The molecule has 2 rings (SSSR count). The molecule has 1 aromatic rings. The lowest BCUT2D eigenvalue weighted by Gasteiger charge is -1.97. The highest BCUT2D eigenvalue weighted by Crippen LogP contribution is 1.93. The Morgan fingerprint density at radius 3 is 2.77 bits per heavy atom. The van der Waals surface area contributed by atoms with Crippen molar-refractivity contribution in [1.29, 1.82) is 0 Å². The van der Waals surface area contributed by atoms with E-state index >= 15 is 0 Å². The number of Topliss-reactive ketones (excluding diaryl/α,β-unsaturated/α-hetero) is 1. The summed E-state index contributed by atoms with van der Waals surface area (Å²) in [5.74, 6) is -1.32. The highest BCUT2D eigenvalue weighted by Gasteiger charge is 2.12. The van der Waals surface area contributed by atoms with E-state index in [2.05, 4.69) is 4.99 Å². The quantitative estimate of drug-likeness (QED) is 0.395. The Kier molecular flexibility index (Phi) is 1.48. The molecule has 4 nitrogen and oxygen atoms in total. The number of anilines is 1. The minimum Gasteiger partial charge on any atom is -0.399 e. The number of carbonyl (C=O) groups excluding carboxylic acids is 2. The molecule has 0 saturated heterocycles. The lowest BCUT2D eigenvalue weighted by molar-refractivity contribution is -0.132. The van der Waals surface area contributed by atoms with E-state index in [1.54, 1.807) is 18.2 Å². The summed E-state index contributed by atoms with van der Waals surface area (Å²) in [7, 11) is 0. The number of fused-ring (bicyclic) bond motifs is 1. The first-order chi connectivity index (χ1) is 6.16. The molecule has 1 aliphatic rings. The lowest BCUT2D eigenvalue weighted by atomic mass is 10.2. The molecule has 0 saturated carbocycles. The first kappa shape index (κ1) is 7.67. The number of rotatable bonds is 0. The van der Waals surface area contributed by atoms with Crippen molar-refractivity contribution in [2.75, 3.05) is 5.73 Å². The molecule has 0 spiro atoms. The Morgan fingerprint density at radius 2 is 2.00 bits per heavy atom. The minimum atomic E-state index is -0.738. The van der Waals surface area contributed by atoms with Crippen molar-refractivity contribution in [2.45, 2.75) is 0 Å². The predicted octanol–water partition coefficient (Wildman–Crippen LogP) is -1.22. The van der Waals surface area contributed by atoms with Crippen LogP contribution in [0.1, 0.15) is 0 Å². The average molecular weight is 174 g/mol. The van der Waals surface area contributed by atoms with Gasteiger partial charge in [0.05, 0.1) is 5.36 Å². The Morgan fingerprint density at radius 1 is 1.23 bits per heavy atom. The molecule has 0 fully saturated rings. The number of carbonyl (C=O) groups is 2. The van der Waals surface area contributed by atoms with E-state index in [9.17, 15) is 9.59 Å². The van der Waals surface area contributed by atoms with Gasteiger partial charge in [-0.2, -0.15) is 0 Å². The molecule has 2 N–H and O–H groups in total. The minimum absolute atomic E-state index is 0.463. The molecule has 1 heterocycles. The Labute approximate surface area is 73.4 Å². The number of nitrogen functional groups attached to an aromatic ring is 1. The van der Waals surface area contributed by atoms with Crippen molar-refractivity contribution in [3.63, 3.8) is 0 Å². The van der Waals surface area contributed by atoms with Crippen molar-refractivity contribution < 1.29 is 9.59 Å². The first-order valence-corrected chi connectivity index (χ1v) is 3.71. The fourth-order valence-corrected chi connectivity index (χ4v) is 1.15. The highest BCUT2D eigenvalue weighted by atomic mass is 16.2. The topological polar surface area (TPSA) is 72.5 Å². The molecule has 4 heteroatoms. The van der Waals surface area contributed by atoms with Crippen LogP contribution in [-0.4, -0.2) is 11.7 Å². The van der Waals surface area contributed by atoms with Gasteiger partial charge in [0.25, 0.3) is 0 Å². The van der Waals surface area contributed by atoms with Crippen molar-refractivity contribution in [3.8, 4) is 0 Å². The van der Waals surface area contributed by atoms with E-state index in [4.69, 9.17) is 5.73 Å². The normalized spacial score (nSPS) is 14.5. The summed E-state index contributed by atoms with van der Waals surface area (Å²) in [5, 5.41) is 1.10. The summed E-state index contributed by atoms with van der Waals surface area (Å²) in [4.78, 5) is 25.4. The smallest absolute Gasteiger partial charge is 0.317 e. The Hall–Kier alpha value is -1.97. The molecule has 1 aromatic carbocycles. The van der Waals surface area contributed by atoms with Gasteiger partial charge < -0.3 is 5.73 Å². The van der Waals surface area contributed by atoms with Gasteiger partial charge in [0.1, 0.15) is 0 Å². The van der Waals surface area contributed by atoms with Crippen molar-refractivity contribution in [1.82, 2.24) is 0 Å². The second-order valence-corrected chi connectivity index (χ2v) is 2.74. The van der Waals surface area contributed by atoms with Crippen molar-refractivity contribution >= 4 is 23.5 Å². The SMILES string of the molecule is Nc1ccc2c(c1)=NC(=O)C(=O)C=2. The summed E-state index contributed by atoms with van der Waals surface area (Å²) >= 11 is 0. The molecule has 0 bridgehead atoms. The zero-order chi connectivity index (χ0) is 9.42. The van der Waals surface area contributed by atoms with Crippen LogP contribution in [0, 0.1) is 0 Å². The van der Waals surface area contributed by atoms with Crippen LogP contribution in [0.5, 0.6) is 0 Å². The number of hydrogen-bond acceptors (Lipinski definition) is 3. The van der Waals surface area contributed by atoms with E-state index in [-0.39, 0.29) is 0 Å². The fourth-order valence-electron chi connectivity index (χ4n) is 1.15. The van der Waals surface area contributed by atoms with Gasteiger partial charge in [0, 0.05) is 17.0 Å². The monoisotopic (exact) mass is 174 g/mol. The zero-order valence-corrected chi connectivity index (χ0v) is 6.65. The Balaban J connectivity index is 2.85. The summed E-state index contributed by atoms with van der Waals surface area (Å²) < 4.78 is 0. The molecule has 0 unspecified atom stereocenters. The van der Waals surface area contributed by atoms with Crippen LogP contribution < -0.4 is 16.3 Å². The maximum absolute atomic E-state index is 10.9. The van der Waals surface area contributed by atoms with Crippen molar-refractivity contribution in [2.24, 2.45) is 4.99 Å². The maximum Gasteiger partial charge on any atom is 0.317 e. The number of nitrogens with two attached hydrogens (primary N) is 1. The van der Waals surface area contributed by atoms with Crippen LogP contribution in [0.15, 0.2) is 23.2 Å². The highest BCUT2D eigenvalue weighted by molar-refractivity contribution is 6.48. The van der Waals surface area contributed by atoms with Gasteiger partial charge in [-0.3, -0.25) is 9.59 Å². The van der Waals surface area contributed by atoms with Gasteiger partial charge in [-0.25, -0.2) is 4.99 Å². The summed E-state index contributed by atoms with van der Waals surface area (Å²) in [6, 6.07) is 4.89. The molecule has 0 aromatic heterocycles. The van der Waals surface area contributed by atoms with Gasteiger partial charge in [-0.1, -0.05) is 6.07 Å². The number of hydrogen-bond donors (Lipinski definition) is 1. The second-order valence-electron chi connectivity index (χ2n) is 2.74. The van der Waals surface area contributed by atoms with E-state index < -0.39 is 11.7 Å². The van der Waals surface area contributed by atoms with Crippen LogP contribution in [0.2, 0.25) is 0 Å². The maximum atomic E-state index is 10.9. The molecule has 13 heavy (non-hydrogen) atoms. The lowest BCUT2D eigenvalue weighted by Crippen LogP contribution is -2.33. The molecule has 1 amide bonds. The predicted molar refractivity (Wildman–Crippen MR) is 46.1 cm³/mol. The summed E-state index contributed by atoms with van der Waals surface area (Å²) in [5.41, 5.74) is 6.02. The van der Waals surface area contributed by atoms with Crippen LogP contribution in [0.4, 0.5) is 5.69 Å². The van der Waals surface area contributed by atoms with Crippen molar-refractivity contribution in [3.05, 3.63) is 28.8 Å². The summed E-state index contributed by atoms with van der Waals surface area (Å²) in [6.07, 6.45) is 1.27. The molecule has 64 valence electrons. The van der Waals surface area contributed by atoms with Crippen LogP contribution in [-0.2, 0) is 9.59 Å². The van der Waals surface area contributed by atoms with E-state index in [1.165, 1.54) is 6.08 Å². The van der Waals surface area contributed by atoms with Gasteiger partial charge >= 0.3 is 5.91 Å². The number of nitrogens with zero attached hydrogens (tertiary/aromatic N) is 1. The molecule has 0 radical (unpaired) electrons. The largest absolute Gasteiger partial charge is 0.399 e. The van der Waals surface area contributed by atoms with E-state index in [0.29, 0.717) is 16.3 Å². The molecular formula is C9H6N2O2. The van der Waals surface area contributed by atoms with Gasteiger partial charge in [0.15, 0.2) is 0 Å². The van der Waals surface area contributed by atoms with Gasteiger partial charge in [-0.15, -0.1) is 0 Å². The number of benzene rings is 1. The third-order valence-corrected chi connectivity index (χ3v) is 1.77. The average Bonchev–Trinajstić information content (AvgIpc) is 2.08. The van der Waals surface area contributed by atoms with Crippen LogP contribution >= 0.6 is 0 Å². The van der Waals surface area contributed by atoms with Crippen LogP contribution in [0.3, 0.4) is 0 Å². The van der Waals surface area contributed by atoms with Crippen LogP contribution in [0.25, 0.3) is 6.08 Å². The standard InChI is InChI=1S/C9H6N2O2/c10-6-2-1-5-3-8(12)9(13)11-7(5)4-6/h1-4H,10H2. The molecule has 1 aliphatic heterocycles. The second kappa shape index (κ2) is 2.52. The molecule has 0 atom stereocenters. The number of ketones is 1. The van der Waals surface area contributed by atoms with E-state index in [0.717, 1.165) is 0 Å². The zero-order valence-electron chi connectivity index (χ0n) is 6.65. The van der Waals surface area contributed by atoms with Gasteiger partial charge in [-0.05, 0) is 12.1 Å². The third-order valence-electron chi connectivity index (χ3n) is 1.77. The summed E-state index contributed by atoms with van der Waals surface area (Å²) in [6.45, 7) is 0.